The van der Waals surface area contributed by atoms with Gasteiger partial charge in [0.2, 0.25) is 5.96 Å². The van der Waals surface area contributed by atoms with E-state index in [2.05, 4.69) is 15.3 Å². The Bertz CT molecular complexity index is 790. The Morgan fingerprint density at radius 1 is 1.42 bits per heavy atom. The zero-order valence-electron chi connectivity index (χ0n) is 13.1. The summed E-state index contributed by atoms with van der Waals surface area (Å²) in [5.41, 5.74) is 0.175. The topological polar surface area (TPSA) is 133 Å². The summed E-state index contributed by atoms with van der Waals surface area (Å²) in [6.45, 7) is -0.276. The summed E-state index contributed by atoms with van der Waals surface area (Å²) in [4.78, 5) is 21.2. The van der Waals surface area contributed by atoms with Crippen LogP contribution in [0.4, 0.5) is 4.79 Å². The molecular weight excluding hydrogens is 338 g/mol. The second-order valence-corrected chi connectivity index (χ2v) is 6.40. The molecule has 11 heteroatoms. The minimum atomic E-state index is -4.15. The van der Waals surface area contributed by atoms with Crippen LogP contribution in [-0.2, 0) is 21.4 Å². The van der Waals surface area contributed by atoms with Crippen molar-refractivity contribution in [3.63, 3.8) is 0 Å². The van der Waals surface area contributed by atoms with Crippen molar-refractivity contribution in [3.8, 4) is 0 Å². The van der Waals surface area contributed by atoms with E-state index in [0.717, 1.165) is 0 Å². The van der Waals surface area contributed by atoms with Gasteiger partial charge in [0.1, 0.15) is 6.67 Å². The van der Waals surface area contributed by atoms with Crippen molar-refractivity contribution < 1.29 is 23.1 Å². The van der Waals surface area contributed by atoms with Gasteiger partial charge in [-0.25, -0.2) is 22.9 Å². The van der Waals surface area contributed by atoms with E-state index in [9.17, 15) is 18.3 Å². The van der Waals surface area contributed by atoms with Crippen LogP contribution in [0.5, 0.6) is 0 Å². The number of carbonyl (C=O) groups excluding carboxylic acids is 1. The molecule has 0 saturated heterocycles. The third-order valence-electron chi connectivity index (χ3n) is 3.03. The number of hydrogen-bond acceptors (Lipinski definition) is 8. The van der Waals surface area contributed by atoms with Crippen molar-refractivity contribution >= 4 is 28.0 Å². The van der Waals surface area contributed by atoms with Crippen LogP contribution in [0, 0.1) is 0 Å². The summed E-state index contributed by atoms with van der Waals surface area (Å²) >= 11 is 0. The van der Waals surface area contributed by atoms with Crippen molar-refractivity contribution in [2.75, 3.05) is 20.8 Å². The Morgan fingerprint density at radius 3 is 2.79 bits per heavy atom. The highest BCUT2D eigenvalue weighted by Crippen LogP contribution is 2.14. The summed E-state index contributed by atoms with van der Waals surface area (Å²) in [5, 5.41) is 11.4. The molecule has 3 N–H and O–H groups in total. The number of aliphatic hydroxyl groups is 1. The molecule has 0 fully saturated rings. The van der Waals surface area contributed by atoms with E-state index < -0.39 is 22.7 Å². The number of aliphatic hydroxyl groups excluding tert-OH is 1. The van der Waals surface area contributed by atoms with Gasteiger partial charge >= 0.3 is 6.03 Å². The third kappa shape index (κ3) is 4.00. The molecule has 0 aromatic heterocycles. The van der Waals surface area contributed by atoms with Gasteiger partial charge in [-0.3, -0.25) is 5.32 Å². The molecule has 0 atom stereocenters. The first-order valence-electron chi connectivity index (χ1n) is 6.78. The second-order valence-electron chi connectivity index (χ2n) is 4.75. The summed E-state index contributed by atoms with van der Waals surface area (Å²) in [5.74, 6) is -0.0758. The fraction of sp³-hybridized carbons (Fsp3) is 0.308. The van der Waals surface area contributed by atoms with Crippen LogP contribution in [0.2, 0.25) is 0 Å². The van der Waals surface area contributed by atoms with Crippen LogP contribution in [-0.4, -0.2) is 57.3 Å². The summed E-state index contributed by atoms with van der Waals surface area (Å²) in [6.07, 6.45) is 0. The highest BCUT2D eigenvalue weighted by Gasteiger charge is 2.22. The minimum Gasteiger partial charge on any atom is -0.468 e. The predicted octanol–water partition coefficient (Wildman–Crippen LogP) is -0.572. The van der Waals surface area contributed by atoms with Gasteiger partial charge in [-0.2, -0.15) is 4.99 Å². The fourth-order valence-electron chi connectivity index (χ4n) is 1.91. The average molecular weight is 355 g/mol. The lowest BCUT2D eigenvalue weighted by atomic mass is 10.2. The molecule has 0 bridgehead atoms. The van der Waals surface area contributed by atoms with Gasteiger partial charge in [0.25, 0.3) is 16.0 Å². The van der Waals surface area contributed by atoms with E-state index in [0.29, 0.717) is 0 Å². The summed E-state index contributed by atoms with van der Waals surface area (Å²) in [6, 6.07) is 5.01. The molecule has 1 heterocycles. The van der Waals surface area contributed by atoms with Gasteiger partial charge in [0.15, 0.2) is 0 Å². The van der Waals surface area contributed by atoms with Crippen LogP contribution >= 0.6 is 0 Å². The maximum absolute atomic E-state index is 12.2. The molecule has 24 heavy (non-hydrogen) atoms. The summed E-state index contributed by atoms with van der Waals surface area (Å²) in [7, 11) is -1.05. The first-order valence-corrected chi connectivity index (χ1v) is 8.26. The van der Waals surface area contributed by atoms with Gasteiger partial charge in [-0.1, -0.05) is 18.2 Å². The van der Waals surface area contributed by atoms with E-state index in [-0.39, 0.29) is 29.1 Å². The van der Waals surface area contributed by atoms with Gasteiger partial charge < -0.3 is 14.7 Å². The van der Waals surface area contributed by atoms with Crippen molar-refractivity contribution in [1.82, 2.24) is 14.9 Å². The molecule has 1 aliphatic heterocycles. The zero-order chi connectivity index (χ0) is 17.7. The molecular formula is C13H17N5O5S. The lowest BCUT2D eigenvalue weighted by molar-refractivity contribution is 0.249. The number of nitrogens with one attached hydrogen (secondary N) is 2. The molecule has 0 saturated carbocycles. The lowest BCUT2D eigenvalue weighted by Crippen LogP contribution is -2.45. The number of hydrogen-bond donors (Lipinski definition) is 3. The number of amides is 2. The Hall–Kier alpha value is -2.66. The Morgan fingerprint density at radius 2 is 2.12 bits per heavy atom. The second kappa shape index (κ2) is 7.27. The van der Waals surface area contributed by atoms with Crippen molar-refractivity contribution in [3.05, 3.63) is 29.8 Å². The van der Waals surface area contributed by atoms with Crippen molar-refractivity contribution in [2.45, 2.75) is 11.5 Å². The maximum atomic E-state index is 12.2. The molecule has 0 radical (unpaired) electrons. The van der Waals surface area contributed by atoms with Gasteiger partial charge in [-0.15, -0.1) is 0 Å². The summed E-state index contributed by atoms with van der Waals surface area (Å²) < 4.78 is 31.3. The largest absolute Gasteiger partial charge is 0.468 e. The average Bonchev–Trinajstić information content (AvgIpc) is 2.56. The van der Waals surface area contributed by atoms with Crippen LogP contribution < -0.4 is 10.0 Å². The number of nitrogens with zero attached hydrogens (tertiary/aromatic N) is 3. The highest BCUT2D eigenvalue weighted by atomic mass is 32.2. The molecule has 1 aromatic carbocycles. The van der Waals surface area contributed by atoms with E-state index in [4.69, 9.17) is 4.74 Å². The Kier molecular flexibility index (Phi) is 5.36. The molecule has 2 rings (SSSR count). The predicted molar refractivity (Wildman–Crippen MR) is 85.7 cm³/mol. The van der Waals surface area contributed by atoms with Gasteiger partial charge in [0.05, 0.1) is 18.6 Å². The standard InChI is InChI=1S/C13H17N5O5S/c1-18-8-14-11(16-13(18)23-2)15-12(20)17-24(21,22)10-6-4-3-5-9(10)7-19/h3-6,19H,7-8H2,1-2H3,(H2,14,15,17,20). The van der Waals surface area contributed by atoms with Crippen molar-refractivity contribution in [1.29, 1.82) is 0 Å². The number of methoxy groups -OCH3 is 1. The Labute approximate surface area is 138 Å². The van der Waals surface area contributed by atoms with Crippen LogP contribution in [0.25, 0.3) is 0 Å². The molecule has 1 aliphatic rings. The van der Waals surface area contributed by atoms with E-state index in [1.54, 1.807) is 18.0 Å². The third-order valence-corrected chi connectivity index (χ3v) is 4.46. The van der Waals surface area contributed by atoms with Crippen LogP contribution in [0.1, 0.15) is 5.56 Å². The van der Waals surface area contributed by atoms with Crippen LogP contribution in [0.3, 0.4) is 0 Å². The quantitative estimate of drug-likeness (QED) is 0.665. The first-order chi connectivity index (χ1) is 11.4. The SMILES string of the molecule is COC1=NC(NC(=O)NS(=O)(=O)c2ccccc2CO)=NCN1C. The fourth-order valence-corrected chi connectivity index (χ4v) is 3.06. The molecule has 0 spiro atoms. The monoisotopic (exact) mass is 355 g/mol. The molecule has 0 unspecified atom stereocenters. The van der Waals surface area contributed by atoms with E-state index in [1.165, 1.54) is 25.3 Å². The number of rotatable bonds is 3. The minimum absolute atomic E-state index is 0.0758. The van der Waals surface area contributed by atoms with E-state index >= 15 is 0 Å². The maximum Gasteiger partial charge on any atom is 0.335 e. The Balaban J connectivity index is 2.11. The number of urea groups is 1. The van der Waals surface area contributed by atoms with Gasteiger partial charge in [0, 0.05) is 7.05 Å². The number of carbonyl (C=O) groups is 1. The molecule has 0 aliphatic carbocycles. The van der Waals surface area contributed by atoms with Gasteiger partial charge in [-0.05, 0) is 11.6 Å². The number of ether oxygens (including phenoxy) is 1. The van der Waals surface area contributed by atoms with E-state index in [1.807, 2.05) is 4.72 Å². The molecule has 130 valence electrons. The lowest BCUT2D eigenvalue weighted by Gasteiger charge is -2.21. The van der Waals surface area contributed by atoms with Crippen LogP contribution in [0.15, 0.2) is 39.1 Å². The number of guanidine groups is 1. The number of amidine groups is 1. The van der Waals surface area contributed by atoms with Crippen molar-refractivity contribution in [2.24, 2.45) is 9.98 Å². The highest BCUT2D eigenvalue weighted by molar-refractivity contribution is 7.90. The molecule has 10 nitrogen and oxygen atoms in total. The number of sulfonamides is 1. The smallest absolute Gasteiger partial charge is 0.335 e. The zero-order valence-corrected chi connectivity index (χ0v) is 13.9. The number of aliphatic imine (C=N–C) groups is 2. The molecule has 2 amide bonds. The first kappa shape index (κ1) is 17.7. The normalized spacial score (nSPS) is 14.5. The number of benzene rings is 1. The molecule has 1 aromatic rings.